The standard InChI is InChI=1S/C22H34Si2/c1-23(2,3)22(24(4,5)6)21(20-15-11-8-12-16-20)18-17-19-13-9-7-10-14-19/h7-16,21-22H,17-18H2,1-6H3. The van der Waals surface area contributed by atoms with Gasteiger partial charge in [-0.15, -0.1) is 0 Å². The summed E-state index contributed by atoms with van der Waals surface area (Å²) in [6, 6.07) is 22.3. The van der Waals surface area contributed by atoms with Crippen LogP contribution in [0.5, 0.6) is 0 Å². The summed E-state index contributed by atoms with van der Waals surface area (Å²) in [4.78, 5) is 0. The van der Waals surface area contributed by atoms with E-state index < -0.39 is 16.1 Å². The molecule has 0 spiro atoms. The lowest BCUT2D eigenvalue weighted by Crippen LogP contribution is -2.47. The Bertz CT molecular complexity index is 592. The van der Waals surface area contributed by atoms with Gasteiger partial charge in [0, 0.05) is 16.1 Å². The van der Waals surface area contributed by atoms with Gasteiger partial charge in [-0.25, -0.2) is 0 Å². The van der Waals surface area contributed by atoms with E-state index in [9.17, 15) is 0 Å². The molecule has 0 saturated heterocycles. The fraction of sp³-hybridized carbons (Fsp3) is 0.455. The molecular weight excluding hydrogens is 320 g/mol. The molecule has 2 heteroatoms. The maximum atomic E-state index is 2.58. The molecule has 130 valence electrons. The Kier molecular flexibility index (Phi) is 6.27. The first-order valence-electron chi connectivity index (χ1n) is 9.28. The summed E-state index contributed by atoms with van der Waals surface area (Å²) < 4.78 is 0. The van der Waals surface area contributed by atoms with Crippen molar-refractivity contribution in [1.29, 1.82) is 0 Å². The molecule has 2 rings (SSSR count). The molecule has 0 aliphatic rings. The predicted molar refractivity (Wildman–Crippen MR) is 114 cm³/mol. The lowest BCUT2D eigenvalue weighted by atomic mass is 9.93. The molecule has 0 heterocycles. The van der Waals surface area contributed by atoms with Crippen LogP contribution in [0.2, 0.25) is 44.4 Å². The zero-order valence-corrected chi connectivity index (χ0v) is 18.3. The lowest BCUT2D eigenvalue weighted by molar-refractivity contribution is 0.635. The molecule has 1 unspecified atom stereocenters. The van der Waals surface area contributed by atoms with Gasteiger partial charge in [0.2, 0.25) is 0 Å². The van der Waals surface area contributed by atoms with Gasteiger partial charge in [0.25, 0.3) is 0 Å². The summed E-state index contributed by atoms with van der Waals surface area (Å²) in [5, 5.41) is 0.899. The Hall–Kier alpha value is -1.13. The van der Waals surface area contributed by atoms with E-state index in [-0.39, 0.29) is 0 Å². The third kappa shape index (κ3) is 5.19. The molecule has 2 aromatic carbocycles. The highest BCUT2D eigenvalue weighted by atomic mass is 28.4. The third-order valence-corrected chi connectivity index (χ3v) is 14.8. The van der Waals surface area contributed by atoms with Crippen LogP contribution < -0.4 is 0 Å². The van der Waals surface area contributed by atoms with Crippen LogP contribution >= 0.6 is 0 Å². The zero-order valence-electron chi connectivity index (χ0n) is 16.3. The fourth-order valence-corrected chi connectivity index (χ4v) is 18.2. The zero-order chi connectivity index (χ0) is 17.8. The van der Waals surface area contributed by atoms with Crippen LogP contribution in [0.25, 0.3) is 0 Å². The Balaban J connectivity index is 2.35. The van der Waals surface area contributed by atoms with E-state index in [0.29, 0.717) is 5.92 Å². The van der Waals surface area contributed by atoms with Gasteiger partial charge in [-0.1, -0.05) is 99.9 Å². The van der Waals surface area contributed by atoms with Gasteiger partial charge >= 0.3 is 0 Å². The average molecular weight is 355 g/mol. The maximum Gasteiger partial charge on any atom is 0.0453 e. The smallest absolute Gasteiger partial charge is 0.0453 e. The molecule has 0 radical (unpaired) electrons. The van der Waals surface area contributed by atoms with Crippen LogP contribution in [0.4, 0.5) is 0 Å². The first-order chi connectivity index (χ1) is 11.2. The molecule has 0 fully saturated rings. The molecule has 1 atom stereocenters. The van der Waals surface area contributed by atoms with Gasteiger partial charge in [0.05, 0.1) is 0 Å². The second-order valence-corrected chi connectivity index (χ2v) is 20.5. The minimum Gasteiger partial charge on any atom is -0.0695 e. The van der Waals surface area contributed by atoms with Crippen LogP contribution in [-0.2, 0) is 6.42 Å². The van der Waals surface area contributed by atoms with E-state index >= 15 is 0 Å². The van der Waals surface area contributed by atoms with Crippen molar-refractivity contribution in [2.75, 3.05) is 0 Å². The second kappa shape index (κ2) is 7.84. The highest BCUT2D eigenvalue weighted by Gasteiger charge is 2.42. The van der Waals surface area contributed by atoms with Crippen molar-refractivity contribution in [3.05, 3.63) is 71.8 Å². The molecule has 24 heavy (non-hydrogen) atoms. The van der Waals surface area contributed by atoms with Gasteiger partial charge in [0.1, 0.15) is 0 Å². The van der Waals surface area contributed by atoms with Crippen LogP contribution in [0.1, 0.15) is 23.5 Å². The summed E-state index contributed by atoms with van der Waals surface area (Å²) in [7, 11) is -2.49. The number of hydrogen-bond acceptors (Lipinski definition) is 0. The molecule has 0 amide bonds. The minimum absolute atomic E-state index is 0.699. The van der Waals surface area contributed by atoms with E-state index in [1.165, 1.54) is 18.4 Å². The molecule has 0 aromatic heterocycles. The van der Waals surface area contributed by atoms with Crippen molar-refractivity contribution < 1.29 is 0 Å². The third-order valence-electron chi connectivity index (χ3n) is 5.08. The first kappa shape index (κ1) is 19.2. The van der Waals surface area contributed by atoms with E-state index in [1.54, 1.807) is 5.56 Å². The Labute approximate surface area is 151 Å². The van der Waals surface area contributed by atoms with Gasteiger partial charge in [-0.05, 0) is 35.1 Å². The molecule has 0 aliphatic carbocycles. The van der Waals surface area contributed by atoms with Crippen LogP contribution in [0.15, 0.2) is 60.7 Å². The average Bonchev–Trinajstić information content (AvgIpc) is 2.50. The normalized spacial score (nSPS) is 14.0. The highest BCUT2D eigenvalue weighted by molar-refractivity contribution is 6.96. The topological polar surface area (TPSA) is 0 Å². The summed E-state index contributed by atoms with van der Waals surface area (Å²) >= 11 is 0. The molecule has 0 aliphatic heterocycles. The Morgan fingerprint density at radius 1 is 0.667 bits per heavy atom. The Morgan fingerprint density at radius 3 is 1.58 bits per heavy atom. The molecule has 0 bridgehead atoms. The van der Waals surface area contributed by atoms with Crippen molar-refractivity contribution in [2.24, 2.45) is 0 Å². The van der Waals surface area contributed by atoms with Gasteiger partial charge in [-0.2, -0.15) is 0 Å². The predicted octanol–water partition coefficient (Wildman–Crippen LogP) is 6.99. The van der Waals surface area contributed by atoms with E-state index in [2.05, 4.69) is 99.9 Å². The SMILES string of the molecule is C[Si](C)(C)C(C(CCc1ccccc1)c1ccccc1)[Si](C)(C)C. The lowest BCUT2D eigenvalue weighted by Gasteiger charge is -2.44. The number of hydrogen-bond donors (Lipinski definition) is 0. The maximum absolute atomic E-state index is 2.58. The number of benzene rings is 2. The van der Waals surface area contributed by atoms with Crippen molar-refractivity contribution in [3.63, 3.8) is 0 Å². The summed E-state index contributed by atoms with van der Waals surface area (Å²) in [6.07, 6.45) is 2.46. The fourth-order valence-electron chi connectivity index (χ4n) is 4.70. The largest absolute Gasteiger partial charge is 0.0695 e. The summed E-state index contributed by atoms with van der Waals surface area (Å²) in [6.45, 7) is 15.5. The van der Waals surface area contributed by atoms with Gasteiger partial charge in [0.15, 0.2) is 0 Å². The van der Waals surface area contributed by atoms with E-state index in [1.807, 2.05) is 0 Å². The Morgan fingerprint density at radius 2 is 1.12 bits per heavy atom. The van der Waals surface area contributed by atoms with Crippen LogP contribution in [0, 0.1) is 0 Å². The van der Waals surface area contributed by atoms with Crippen molar-refractivity contribution in [2.45, 2.75) is 63.2 Å². The molecule has 0 N–H and O–H groups in total. The van der Waals surface area contributed by atoms with E-state index in [4.69, 9.17) is 0 Å². The minimum atomic E-state index is -1.24. The van der Waals surface area contributed by atoms with E-state index in [0.717, 1.165) is 5.16 Å². The molecular formula is C22H34Si2. The first-order valence-corrected chi connectivity index (χ1v) is 16.4. The van der Waals surface area contributed by atoms with Crippen LogP contribution in [-0.4, -0.2) is 16.1 Å². The molecule has 0 nitrogen and oxygen atoms in total. The van der Waals surface area contributed by atoms with Gasteiger partial charge in [-0.3, -0.25) is 0 Å². The monoisotopic (exact) mass is 354 g/mol. The van der Waals surface area contributed by atoms with Crippen LogP contribution in [0.3, 0.4) is 0 Å². The summed E-state index contributed by atoms with van der Waals surface area (Å²) in [5.74, 6) is 0.699. The van der Waals surface area contributed by atoms with Crippen molar-refractivity contribution >= 4 is 16.1 Å². The highest BCUT2D eigenvalue weighted by Crippen LogP contribution is 2.46. The number of rotatable bonds is 7. The van der Waals surface area contributed by atoms with Gasteiger partial charge < -0.3 is 0 Å². The van der Waals surface area contributed by atoms with Crippen molar-refractivity contribution in [3.8, 4) is 0 Å². The quantitative estimate of drug-likeness (QED) is 0.470. The number of aryl methyl sites for hydroxylation is 1. The summed E-state index contributed by atoms with van der Waals surface area (Å²) in [5.41, 5.74) is 3.03. The van der Waals surface area contributed by atoms with Crippen molar-refractivity contribution in [1.82, 2.24) is 0 Å². The second-order valence-electron chi connectivity index (χ2n) is 9.25. The molecule has 0 saturated carbocycles. The molecule has 2 aromatic rings.